The molecular formula is C26H35N3O2S. The molecule has 0 aliphatic carbocycles. The number of fused-ring (bicyclic) bond motifs is 1. The van der Waals surface area contributed by atoms with E-state index >= 15 is 0 Å². The van der Waals surface area contributed by atoms with Gasteiger partial charge in [0.15, 0.2) is 0 Å². The van der Waals surface area contributed by atoms with Crippen LogP contribution in [0.2, 0.25) is 0 Å². The van der Waals surface area contributed by atoms with Crippen molar-refractivity contribution in [3.63, 3.8) is 0 Å². The highest BCUT2D eigenvalue weighted by Crippen LogP contribution is 2.30. The van der Waals surface area contributed by atoms with Crippen LogP contribution < -0.4 is 5.32 Å². The molecule has 0 atom stereocenters. The number of hydrogen-bond acceptors (Lipinski definition) is 4. The molecule has 1 fully saturated rings. The van der Waals surface area contributed by atoms with Crippen LogP contribution in [0.4, 0.5) is 0 Å². The first-order valence-electron chi connectivity index (χ1n) is 11.7. The largest absolute Gasteiger partial charge is 0.370 e. The molecule has 2 aromatic rings. The van der Waals surface area contributed by atoms with Gasteiger partial charge in [-0.15, -0.1) is 0 Å². The first-order valence-corrected chi connectivity index (χ1v) is 13.3. The summed E-state index contributed by atoms with van der Waals surface area (Å²) in [6.07, 6.45) is 6.17. The molecule has 4 rings (SSSR count). The van der Waals surface area contributed by atoms with E-state index < -0.39 is 10.0 Å². The SMILES string of the molecule is CCS(=O)(=O)N1CCC(N2C=Cc3cc(-c4cccc(CNC(C)C)c4)ccc3C2)CC1. The van der Waals surface area contributed by atoms with Crippen LogP contribution in [0.5, 0.6) is 0 Å². The Morgan fingerprint density at radius 2 is 1.81 bits per heavy atom. The van der Waals surface area contributed by atoms with Crippen molar-refractivity contribution in [3.8, 4) is 11.1 Å². The molecule has 1 N–H and O–H groups in total. The third kappa shape index (κ3) is 5.25. The Balaban J connectivity index is 1.43. The Bertz CT molecular complexity index is 1070. The van der Waals surface area contributed by atoms with Crippen LogP contribution in [0, 0.1) is 0 Å². The molecule has 2 aromatic carbocycles. The summed E-state index contributed by atoms with van der Waals surface area (Å²) in [6, 6.07) is 16.4. The van der Waals surface area contributed by atoms with E-state index in [0.717, 1.165) is 25.9 Å². The molecule has 0 aromatic heterocycles. The van der Waals surface area contributed by atoms with Crippen LogP contribution in [0.15, 0.2) is 48.7 Å². The van der Waals surface area contributed by atoms with Gasteiger partial charge in [0.05, 0.1) is 5.75 Å². The predicted octanol–water partition coefficient (Wildman–Crippen LogP) is 4.45. The van der Waals surface area contributed by atoms with Gasteiger partial charge in [-0.25, -0.2) is 12.7 Å². The first kappa shape index (κ1) is 23.0. The monoisotopic (exact) mass is 453 g/mol. The van der Waals surface area contributed by atoms with Crippen molar-refractivity contribution in [2.75, 3.05) is 18.8 Å². The third-order valence-electron chi connectivity index (χ3n) is 6.57. The second kappa shape index (κ2) is 9.77. The maximum atomic E-state index is 12.1. The van der Waals surface area contributed by atoms with E-state index in [1.165, 1.54) is 27.8 Å². The normalized spacial score (nSPS) is 17.7. The van der Waals surface area contributed by atoms with Crippen molar-refractivity contribution >= 4 is 16.1 Å². The molecule has 0 spiro atoms. The van der Waals surface area contributed by atoms with Gasteiger partial charge in [-0.2, -0.15) is 0 Å². The van der Waals surface area contributed by atoms with E-state index in [4.69, 9.17) is 0 Å². The van der Waals surface area contributed by atoms with Gasteiger partial charge in [0, 0.05) is 44.5 Å². The summed E-state index contributed by atoms with van der Waals surface area (Å²) in [5, 5.41) is 3.49. The van der Waals surface area contributed by atoms with E-state index in [1.807, 2.05) is 0 Å². The van der Waals surface area contributed by atoms with Gasteiger partial charge in [0.1, 0.15) is 0 Å². The molecule has 0 unspecified atom stereocenters. The van der Waals surface area contributed by atoms with Crippen molar-refractivity contribution in [1.82, 2.24) is 14.5 Å². The Labute approximate surface area is 193 Å². The zero-order valence-electron chi connectivity index (χ0n) is 19.4. The van der Waals surface area contributed by atoms with Crippen LogP contribution in [0.1, 0.15) is 50.3 Å². The number of sulfonamides is 1. The summed E-state index contributed by atoms with van der Waals surface area (Å²) >= 11 is 0. The molecule has 0 radical (unpaired) electrons. The van der Waals surface area contributed by atoms with Gasteiger partial charge in [-0.05, 0) is 65.8 Å². The van der Waals surface area contributed by atoms with Gasteiger partial charge in [0.2, 0.25) is 10.0 Å². The molecule has 2 aliphatic rings. The number of piperidine rings is 1. The van der Waals surface area contributed by atoms with Crippen LogP contribution in [-0.2, 0) is 23.1 Å². The topological polar surface area (TPSA) is 52.7 Å². The average Bonchev–Trinajstić information content (AvgIpc) is 2.82. The molecule has 0 amide bonds. The third-order valence-corrected chi connectivity index (χ3v) is 8.45. The van der Waals surface area contributed by atoms with Crippen LogP contribution in [0.3, 0.4) is 0 Å². The molecular weight excluding hydrogens is 418 g/mol. The van der Waals surface area contributed by atoms with E-state index in [1.54, 1.807) is 11.2 Å². The predicted molar refractivity (Wildman–Crippen MR) is 132 cm³/mol. The number of rotatable bonds is 7. The Kier molecular flexibility index (Phi) is 7.03. The van der Waals surface area contributed by atoms with Crippen molar-refractivity contribution in [3.05, 3.63) is 65.4 Å². The van der Waals surface area contributed by atoms with Gasteiger partial charge in [-0.1, -0.05) is 44.2 Å². The molecule has 5 nitrogen and oxygen atoms in total. The van der Waals surface area contributed by atoms with Crippen LogP contribution in [-0.4, -0.2) is 48.5 Å². The van der Waals surface area contributed by atoms with E-state index in [-0.39, 0.29) is 5.75 Å². The molecule has 2 aliphatic heterocycles. The second-order valence-electron chi connectivity index (χ2n) is 9.17. The summed E-state index contributed by atoms with van der Waals surface area (Å²) in [7, 11) is -3.07. The highest BCUT2D eigenvalue weighted by atomic mass is 32.2. The van der Waals surface area contributed by atoms with Crippen molar-refractivity contribution < 1.29 is 8.42 Å². The highest BCUT2D eigenvalue weighted by Gasteiger charge is 2.29. The minimum atomic E-state index is -3.07. The molecule has 2 heterocycles. The average molecular weight is 454 g/mol. The van der Waals surface area contributed by atoms with Gasteiger partial charge in [-0.3, -0.25) is 0 Å². The zero-order chi connectivity index (χ0) is 22.7. The Morgan fingerprint density at radius 3 is 2.53 bits per heavy atom. The molecule has 0 bridgehead atoms. The standard InChI is InChI=1S/C26H35N3O2S/c1-4-32(30,31)29-14-11-26(12-15-29)28-13-10-24-17-23(8-9-25(24)19-28)22-7-5-6-21(16-22)18-27-20(2)3/h5-10,13,16-17,20,26-27H,4,11-12,14-15,18-19H2,1-3H3. The molecule has 1 saturated heterocycles. The summed E-state index contributed by atoms with van der Waals surface area (Å²) < 4.78 is 25.9. The van der Waals surface area contributed by atoms with Crippen LogP contribution in [0.25, 0.3) is 17.2 Å². The smallest absolute Gasteiger partial charge is 0.213 e. The summed E-state index contributed by atoms with van der Waals surface area (Å²) in [6.45, 7) is 9.06. The highest BCUT2D eigenvalue weighted by molar-refractivity contribution is 7.89. The quantitative estimate of drug-likeness (QED) is 0.673. The maximum absolute atomic E-state index is 12.1. The zero-order valence-corrected chi connectivity index (χ0v) is 20.2. The fourth-order valence-electron chi connectivity index (χ4n) is 4.57. The van der Waals surface area contributed by atoms with Crippen molar-refractivity contribution in [1.29, 1.82) is 0 Å². The van der Waals surface area contributed by atoms with E-state index in [2.05, 4.69) is 78.8 Å². The lowest BCUT2D eigenvalue weighted by Crippen LogP contribution is -2.45. The Morgan fingerprint density at radius 1 is 1.06 bits per heavy atom. The Hall–Kier alpha value is -2.15. The minimum absolute atomic E-state index is 0.189. The molecule has 0 saturated carbocycles. The van der Waals surface area contributed by atoms with Gasteiger partial charge >= 0.3 is 0 Å². The molecule has 6 heteroatoms. The fraction of sp³-hybridized carbons (Fsp3) is 0.462. The number of benzene rings is 2. The summed E-state index contributed by atoms with van der Waals surface area (Å²) in [5.41, 5.74) is 6.39. The lowest BCUT2D eigenvalue weighted by atomic mass is 9.95. The lowest BCUT2D eigenvalue weighted by molar-refractivity contribution is 0.183. The van der Waals surface area contributed by atoms with Gasteiger partial charge < -0.3 is 10.2 Å². The van der Waals surface area contributed by atoms with Crippen molar-refractivity contribution in [2.24, 2.45) is 0 Å². The van der Waals surface area contributed by atoms with E-state index in [0.29, 0.717) is 25.2 Å². The molecule has 172 valence electrons. The van der Waals surface area contributed by atoms with Crippen LogP contribution >= 0.6 is 0 Å². The number of nitrogens with one attached hydrogen (secondary N) is 1. The summed E-state index contributed by atoms with van der Waals surface area (Å²) in [4.78, 5) is 2.39. The second-order valence-corrected chi connectivity index (χ2v) is 11.4. The fourth-order valence-corrected chi connectivity index (χ4v) is 5.70. The summed E-state index contributed by atoms with van der Waals surface area (Å²) in [5.74, 6) is 0.189. The minimum Gasteiger partial charge on any atom is -0.370 e. The lowest BCUT2D eigenvalue weighted by Gasteiger charge is -2.39. The number of nitrogens with zero attached hydrogens (tertiary/aromatic N) is 2. The van der Waals surface area contributed by atoms with Gasteiger partial charge in [0.25, 0.3) is 0 Å². The van der Waals surface area contributed by atoms with E-state index in [9.17, 15) is 8.42 Å². The number of hydrogen-bond donors (Lipinski definition) is 1. The van der Waals surface area contributed by atoms with Crippen molar-refractivity contribution in [2.45, 2.75) is 58.8 Å². The first-order chi connectivity index (χ1) is 15.4. The maximum Gasteiger partial charge on any atom is 0.213 e. The molecule has 32 heavy (non-hydrogen) atoms.